The van der Waals surface area contributed by atoms with Gasteiger partial charge in [-0.25, -0.2) is 0 Å². The molecule has 0 aliphatic heterocycles. The first-order valence-electron chi connectivity index (χ1n) is 7.00. The number of benzene rings is 1. The number of fused-ring (bicyclic) bond motifs is 1. The summed E-state index contributed by atoms with van der Waals surface area (Å²) >= 11 is 0. The molecular formula is C16H24N2. The molecule has 0 aliphatic carbocycles. The minimum atomic E-state index is 0.786. The Morgan fingerprint density at radius 1 is 1.17 bits per heavy atom. The fourth-order valence-electron chi connectivity index (χ4n) is 2.53. The normalized spacial score (nSPS) is 11.6. The Balaban J connectivity index is 2.29. The van der Waals surface area contributed by atoms with Gasteiger partial charge in [-0.05, 0) is 36.0 Å². The first kappa shape index (κ1) is 13.2. The summed E-state index contributed by atoms with van der Waals surface area (Å²) in [5.41, 5.74) is 2.73. The van der Waals surface area contributed by atoms with E-state index in [1.54, 1.807) is 0 Å². The lowest BCUT2D eigenvalue weighted by Gasteiger charge is -2.14. The van der Waals surface area contributed by atoms with Crippen LogP contribution >= 0.6 is 0 Å². The summed E-state index contributed by atoms with van der Waals surface area (Å²) in [6.45, 7) is 6.64. The van der Waals surface area contributed by atoms with E-state index in [0.717, 1.165) is 19.0 Å². The Kier molecular flexibility index (Phi) is 4.43. The molecule has 1 N–H and O–H groups in total. The van der Waals surface area contributed by atoms with Crippen molar-refractivity contribution in [2.75, 3.05) is 7.05 Å². The average molecular weight is 244 g/mol. The first-order chi connectivity index (χ1) is 8.78. The fraction of sp³-hybridized carbons (Fsp3) is 0.500. The molecule has 0 radical (unpaired) electrons. The molecule has 1 heterocycles. The van der Waals surface area contributed by atoms with Crippen LogP contribution in [0.5, 0.6) is 0 Å². The van der Waals surface area contributed by atoms with Crippen LogP contribution in [-0.4, -0.2) is 11.6 Å². The molecule has 0 saturated heterocycles. The lowest BCUT2D eigenvalue weighted by molar-refractivity contribution is 0.425. The van der Waals surface area contributed by atoms with Crippen molar-refractivity contribution in [3.63, 3.8) is 0 Å². The Morgan fingerprint density at radius 2 is 1.94 bits per heavy atom. The molecule has 0 atom stereocenters. The van der Waals surface area contributed by atoms with Gasteiger partial charge in [0, 0.05) is 24.8 Å². The maximum atomic E-state index is 3.21. The zero-order valence-electron chi connectivity index (χ0n) is 11.7. The van der Waals surface area contributed by atoms with Crippen molar-refractivity contribution in [2.24, 2.45) is 5.92 Å². The molecule has 2 aromatic rings. The molecule has 98 valence electrons. The van der Waals surface area contributed by atoms with Crippen molar-refractivity contribution in [1.29, 1.82) is 0 Å². The molecule has 0 amide bonds. The van der Waals surface area contributed by atoms with Crippen LogP contribution in [-0.2, 0) is 13.1 Å². The molecule has 0 spiro atoms. The van der Waals surface area contributed by atoms with Crippen molar-refractivity contribution in [1.82, 2.24) is 9.88 Å². The van der Waals surface area contributed by atoms with Gasteiger partial charge in [0.25, 0.3) is 0 Å². The monoisotopic (exact) mass is 244 g/mol. The van der Waals surface area contributed by atoms with E-state index in [-0.39, 0.29) is 0 Å². The highest BCUT2D eigenvalue weighted by atomic mass is 15.0. The third-order valence-electron chi connectivity index (χ3n) is 3.83. The summed E-state index contributed by atoms with van der Waals surface area (Å²) in [5, 5.41) is 4.56. The SMILES string of the molecule is CCC(CC)Cn1ccc2ccc(CNC)cc21. The maximum Gasteiger partial charge on any atom is 0.0483 e. The summed E-state index contributed by atoms with van der Waals surface area (Å²) in [5.74, 6) is 0.786. The summed E-state index contributed by atoms with van der Waals surface area (Å²) < 4.78 is 2.41. The average Bonchev–Trinajstić information content (AvgIpc) is 2.79. The van der Waals surface area contributed by atoms with E-state index in [0.29, 0.717) is 0 Å². The standard InChI is InChI=1S/C16H24N2/c1-4-13(5-2)12-18-9-8-15-7-6-14(11-17-3)10-16(15)18/h6-10,13,17H,4-5,11-12H2,1-3H3. The third-order valence-corrected chi connectivity index (χ3v) is 3.83. The maximum absolute atomic E-state index is 3.21. The highest BCUT2D eigenvalue weighted by molar-refractivity contribution is 5.80. The summed E-state index contributed by atoms with van der Waals surface area (Å²) in [6.07, 6.45) is 4.74. The molecular weight excluding hydrogens is 220 g/mol. The minimum Gasteiger partial charge on any atom is -0.347 e. The third kappa shape index (κ3) is 2.75. The predicted molar refractivity (Wildman–Crippen MR) is 78.8 cm³/mol. The second-order valence-electron chi connectivity index (χ2n) is 5.07. The molecule has 0 fully saturated rings. The van der Waals surface area contributed by atoms with E-state index in [1.165, 1.54) is 29.3 Å². The fourth-order valence-corrected chi connectivity index (χ4v) is 2.53. The second-order valence-corrected chi connectivity index (χ2v) is 5.07. The molecule has 0 unspecified atom stereocenters. The summed E-state index contributed by atoms with van der Waals surface area (Å²) in [6, 6.07) is 8.97. The van der Waals surface area contributed by atoms with Gasteiger partial charge in [0.15, 0.2) is 0 Å². The Hall–Kier alpha value is -1.28. The molecule has 1 aromatic heterocycles. The van der Waals surface area contributed by atoms with Gasteiger partial charge >= 0.3 is 0 Å². The molecule has 18 heavy (non-hydrogen) atoms. The quantitative estimate of drug-likeness (QED) is 0.818. The van der Waals surface area contributed by atoms with E-state index < -0.39 is 0 Å². The van der Waals surface area contributed by atoms with Crippen LogP contribution < -0.4 is 5.32 Å². The smallest absolute Gasteiger partial charge is 0.0483 e. The van der Waals surface area contributed by atoms with Gasteiger partial charge in [0.1, 0.15) is 0 Å². The first-order valence-corrected chi connectivity index (χ1v) is 7.00. The minimum absolute atomic E-state index is 0.786. The van der Waals surface area contributed by atoms with Gasteiger partial charge < -0.3 is 9.88 Å². The highest BCUT2D eigenvalue weighted by Gasteiger charge is 2.07. The van der Waals surface area contributed by atoms with E-state index >= 15 is 0 Å². The van der Waals surface area contributed by atoms with Crippen LogP contribution in [0.25, 0.3) is 10.9 Å². The lowest BCUT2D eigenvalue weighted by Crippen LogP contribution is -2.09. The van der Waals surface area contributed by atoms with E-state index in [4.69, 9.17) is 0 Å². The lowest BCUT2D eigenvalue weighted by atomic mass is 10.0. The molecule has 0 bridgehead atoms. The van der Waals surface area contributed by atoms with E-state index in [9.17, 15) is 0 Å². The number of nitrogens with one attached hydrogen (secondary N) is 1. The molecule has 2 nitrogen and oxygen atoms in total. The van der Waals surface area contributed by atoms with Crippen molar-refractivity contribution in [3.8, 4) is 0 Å². The second kappa shape index (κ2) is 6.05. The van der Waals surface area contributed by atoms with Gasteiger partial charge in [0.05, 0.1) is 0 Å². The molecule has 1 aromatic carbocycles. The Morgan fingerprint density at radius 3 is 2.61 bits per heavy atom. The van der Waals surface area contributed by atoms with Gasteiger partial charge in [-0.3, -0.25) is 0 Å². The predicted octanol–water partition coefficient (Wildman–Crippen LogP) is 3.80. The topological polar surface area (TPSA) is 17.0 Å². The number of aromatic nitrogens is 1. The summed E-state index contributed by atoms with van der Waals surface area (Å²) in [7, 11) is 1.99. The largest absolute Gasteiger partial charge is 0.347 e. The highest BCUT2D eigenvalue weighted by Crippen LogP contribution is 2.20. The van der Waals surface area contributed by atoms with E-state index in [2.05, 4.69) is 54.2 Å². The Bertz CT molecular complexity index is 495. The van der Waals surface area contributed by atoms with Crippen molar-refractivity contribution in [2.45, 2.75) is 39.8 Å². The van der Waals surface area contributed by atoms with Crippen LogP contribution in [0.2, 0.25) is 0 Å². The number of hydrogen-bond acceptors (Lipinski definition) is 1. The number of rotatable bonds is 6. The summed E-state index contributed by atoms with van der Waals surface area (Å²) in [4.78, 5) is 0. The number of hydrogen-bond donors (Lipinski definition) is 1. The van der Waals surface area contributed by atoms with Gasteiger partial charge in [-0.1, -0.05) is 38.8 Å². The van der Waals surface area contributed by atoms with Crippen molar-refractivity contribution >= 4 is 10.9 Å². The molecule has 2 heteroatoms. The Labute approximate surface area is 110 Å². The molecule has 2 rings (SSSR count). The van der Waals surface area contributed by atoms with Crippen molar-refractivity contribution in [3.05, 3.63) is 36.0 Å². The van der Waals surface area contributed by atoms with Crippen LogP contribution in [0, 0.1) is 5.92 Å². The van der Waals surface area contributed by atoms with E-state index in [1.807, 2.05) is 7.05 Å². The van der Waals surface area contributed by atoms with Gasteiger partial charge in [-0.15, -0.1) is 0 Å². The van der Waals surface area contributed by atoms with Gasteiger partial charge in [0.2, 0.25) is 0 Å². The van der Waals surface area contributed by atoms with Crippen LogP contribution in [0.15, 0.2) is 30.5 Å². The van der Waals surface area contributed by atoms with Crippen LogP contribution in [0.3, 0.4) is 0 Å². The van der Waals surface area contributed by atoms with Crippen molar-refractivity contribution < 1.29 is 0 Å². The van der Waals surface area contributed by atoms with Crippen LogP contribution in [0.1, 0.15) is 32.3 Å². The van der Waals surface area contributed by atoms with Gasteiger partial charge in [-0.2, -0.15) is 0 Å². The van der Waals surface area contributed by atoms with Crippen LogP contribution in [0.4, 0.5) is 0 Å². The number of nitrogens with zero attached hydrogens (tertiary/aromatic N) is 1. The zero-order chi connectivity index (χ0) is 13.0. The molecule has 0 aliphatic rings. The molecule has 0 saturated carbocycles. The zero-order valence-corrected chi connectivity index (χ0v) is 11.7.